The van der Waals surface area contributed by atoms with Gasteiger partial charge in [-0.2, -0.15) is 13.2 Å². The van der Waals surface area contributed by atoms with Crippen LogP contribution in [0.15, 0.2) is 28.9 Å². The molecule has 0 aliphatic rings. The lowest BCUT2D eigenvalue weighted by Crippen LogP contribution is -2.14. The summed E-state index contributed by atoms with van der Waals surface area (Å²) in [5.41, 5.74) is 0.0473. The summed E-state index contributed by atoms with van der Waals surface area (Å²) in [6.07, 6.45) is -3.44. The lowest BCUT2D eigenvalue weighted by Gasteiger charge is -2.13. The second-order valence-electron chi connectivity index (χ2n) is 5.09. The van der Waals surface area contributed by atoms with Crippen LogP contribution >= 0.6 is 39.1 Å². The molecular weight excluding hydrogens is 463 g/mol. The van der Waals surface area contributed by atoms with Crippen molar-refractivity contribution in [2.45, 2.75) is 12.7 Å². The van der Waals surface area contributed by atoms with Gasteiger partial charge in [-0.05, 0) is 34.1 Å². The number of hydrogen-bond acceptors (Lipinski definition) is 4. The highest BCUT2D eigenvalue weighted by molar-refractivity contribution is 9.10. The molecule has 0 radical (unpaired) electrons. The van der Waals surface area contributed by atoms with Crippen molar-refractivity contribution in [2.24, 2.45) is 0 Å². The summed E-state index contributed by atoms with van der Waals surface area (Å²) in [6, 6.07) is 3.91. The maximum Gasteiger partial charge on any atom is 0.451 e. The Morgan fingerprint density at radius 3 is 2.58 bits per heavy atom. The Kier molecular flexibility index (Phi) is 5.23. The largest absolute Gasteiger partial charge is 0.451 e. The molecule has 1 N–H and O–H groups in total. The van der Waals surface area contributed by atoms with Crippen LogP contribution in [0.25, 0.3) is 11.0 Å². The molecular formula is C15H7BrCl2F4N4. The molecule has 0 atom stereocenters. The van der Waals surface area contributed by atoms with Gasteiger partial charge in [0.1, 0.15) is 11.6 Å². The molecule has 3 aromatic rings. The highest BCUT2D eigenvalue weighted by atomic mass is 79.9. The van der Waals surface area contributed by atoms with Crippen LogP contribution in [0, 0.1) is 5.82 Å². The standard InChI is InChI=1S/C15H7BrCl2F4N4/c16-6-3-7-12(23-4-6)25-14(15(20,21)22)26-13(7)24-5-8-9(17)1-2-10(19)11(8)18/h1-4H,5H2,(H,23,24,25,26). The normalized spacial score (nSPS) is 11.8. The van der Waals surface area contributed by atoms with E-state index in [0.717, 1.165) is 6.07 Å². The van der Waals surface area contributed by atoms with Crippen molar-refractivity contribution in [3.05, 3.63) is 56.1 Å². The number of fused-ring (bicyclic) bond motifs is 1. The molecule has 0 amide bonds. The topological polar surface area (TPSA) is 50.7 Å². The van der Waals surface area contributed by atoms with Gasteiger partial charge in [-0.1, -0.05) is 23.2 Å². The van der Waals surface area contributed by atoms with Crippen LogP contribution in [0.3, 0.4) is 0 Å². The molecule has 26 heavy (non-hydrogen) atoms. The quantitative estimate of drug-likeness (QED) is 0.385. The van der Waals surface area contributed by atoms with Crippen molar-refractivity contribution < 1.29 is 17.6 Å². The van der Waals surface area contributed by atoms with E-state index in [1.54, 1.807) is 0 Å². The first-order valence-corrected chi connectivity index (χ1v) is 8.48. The van der Waals surface area contributed by atoms with E-state index >= 15 is 0 Å². The van der Waals surface area contributed by atoms with Crippen molar-refractivity contribution in [1.29, 1.82) is 0 Å². The second-order valence-corrected chi connectivity index (χ2v) is 6.79. The minimum Gasteiger partial charge on any atom is -0.365 e. The fraction of sp³-hybridized carbons (Fsp3) is 0.133. The molecule has 1 aromatic carbocycles. The Balaban J connectivity index is 2.06. The first kappa shape index (κ1) is 19.1. The first-order valence-electron chi connectivity index (χ1n) is 6.93. The molecule has 0 saturated carbocycles. The van der Waals surface area contributed by atoms with Crippen LogP contribution in [0.5, 0.6) is 0 Å². The van der Waals surface area contributed by atoms with Crippen molar-refractivity contribution in [3.63, 3.8) is 0 Å². The third kappa shape index (κ3) is 3.84. The van der Waals surface area contributed by atoms with Crippen LogP contribution < -0.4 is 5.32 Å². The fourth-order valence-corrected chi connectivity index (χ4v) is 2.99. The number of aromatic nitrogens is 3. The maximum absolute atomic E-state index is 13.6. The summed E-state index contributed by atoms with van der Waals surface area (Å²) in [5.74, 6) is -2.17. The van der Waals surface area contributed by atoms with E-state index in [1.165, 1.54) is 18.3 Å². The van der Waals surface area contributed by atoms with E-state index in [-0.39, 0.29) is 39.0 Å². The van der Waals surface area contributed by atoms with Gasteiger partial charge >= 0.3 is 6.18 Å². The number of nitrogens with zero attached hydrogens (tertiary/aromatic N) is 3. The summed E-state index contributed by atoms with van der Waals surface area (Å²) < 4.78 is 53.2. The van der Waals surface area contributed by atoms with Crippen LogP contribution in [-0.4, -0.2) is 15.0 Å². The van der Waals surface area contributed by atoms with Crippen LogP contribution in [0.2, 0.25) is 10.0 Å². The van der Waals surface area contributed by atoms with Crippen LogP contribution in [-0.2, 0) is 12.7 Å². The minimum absolute atomic E-state index is 0.132. The van der Waals surface area contributed by atoms with Crippen molar-refractivity contribution in [2.75, 3.05) is 5.32 Å². The molecule has 0 saturated heterocycles. The number of pyridine rings is 1. The molecule has 0 fully saturated rings. The number of benzene rings is 1. The molecule has 0 bridgehead atoms. The molecule has 2 heterocycles. The minimum atomic E-state index is -4.76. The van der Waals surface area contributed by atoms with Crippen LogP contribution in [0.4, 0.5) is 23.4 Å². The summed E-state index contributed by atoms with van der Waals surface area (Å²) in [6.45, 7) is -0.147. The molecule has 0 unspecified atom stereocenters. The van der Waals surface area contributed by atoms with Crippen LogP contribution in [0.1, 0.15) is 11.4 Å². The Hall–Kier alpha value is -1.71. The lowest BCUT2D eigenvalue weighted by molar-refractivity contribution is -0.144. The van der Waals surface area contributed by atoms with Gasteiger partial charge in [0.25, 0.3) is 0 Å². The Morgan fingerprint density at radius 2 is 1.88 bits per heavy atom. The predicted octanol–water partition coefficient (Wildman–Crippen LogP) is 5.86. The first-order chi connectivity index (χ1) is 12.2. The Bertz CT molecular complexity index is 998. The van der Waals surface area contributed by atoms with Gasteiger partial charge in [0.2, 0.25) is 5.82 Å². The van der Waals surface area contributed by atoms with E-state index < -0.39 is 17.8 Å². The third-order valence-corrected chi connectivity index (χ3v) is 4.54. The number of hydrogen-bond donors (Lipinski definition) is 1. The van der Waals surface area contributed by atoms with Crippen molar-refractivity contribution in [1.82, 2.24) is 15.0 Å². The van der Waals surface area contributed by atoms with Crippen molar-refractivity contribution >= 4 is 56.0 Å². The SMILES string of the molecule is Fc1ccc(Cl)c(CNc2nc(C(F)(F)F)nc3ncc(Br)cc23)c1Cl. The number of nitrogens with one attached hydrogen (secondary N) is 1. The average molecular weight is 470 g/mol. The van der Waals surface area contributed by atoms with Gasteiger partial charge in [-0.15, -0.1) is 0 Å². The Labute approximate surface area is 162 Å². The van der Waals surface area contributed by atoms with Gasteiger partial charge in [0.05, 0.1) is 10.4 Å². The molecule has 4 nitrogen and oxygen atoms in total. The summed E-state index contributed by atoms with van der Waals surface area (Å²) in [7, 11) is 0. The molecule has 136 valence electrons. The van der Waals surface area contributed by atoms with Crippen molar-refractivity contribution in [3.8, 4) is 0 Å². The number of rotatable bonds is 3. The van der Waals surface area contributed by atoms with Gasteiger partial charge in [-0.25, -0.2) is 19.3 Å². The van der Waals surface area contributed by atoms with E-state index in [0.29, 0.717) is 4.47 Å². The zero-order valence-corrected chi connectivity index (χ0v) is 15.6. The summed E-state index contributed by atoms with van der Waals surface area (Å²) in [5, 5.41) is 2.89. The number of halogens is 7. The van der Waals surface area contributed by atoms with E-state index in [2.05, 4.69) is 36.2 Å². The Morgan fingerprint density at radius 1 is 1.15 bits per heavy atom. The smallest absolute Gasteiger partial charge is 0.365 e. The number of anilines is 1. The number of alkyl halides is 3. The third-order valence-electron chi connectivity index (χ3n) is 3.34. The fourth-order valence-electron chi connectivity index (χ4n) is 2.15. The van der Waals surface area contributed by atoms with Gasteiger partial charge in [-0.3, -0.25) is 0 Å². The van der Waals surface area contributed by atoms with E-state index in [1.807, 2.05) is 0 Å². The molecule has 2 aromatic heterocycles. The monoisotopic (exact) mass is 468 g/mol. The van der Waals surface area contributed by atoms with Gasteiger partial charge in [0.15, 0.2) is 5.65 Å². The highest BCUT2D eigenvalue weighted by Crippen LogP contribution is 2.32. The van der Waals surface area contributed by atoms with Gasteiger partial charge in [0, 0.05) is 27.8 Å². The lowest BCUT2D eigenvalue weighted by atomic mass is 10.2. The molecule has 0 aliphatic carbocycles. The second kappa shape index (κ2) is 7.13. The maximum atomic E-state index is 13.6. The molecule has 3 rings (SSSR count). The molecule has 11 heteroatoms. The zero-order chi connectivity index (χ0) is 19.1. The summed E-state index contributed by atoms with van der Waals surface area (Å²) >= 11 is 15.1. The molecule has 0 aliphatic heterocycles. The van der Waals surface area contributed by atoms with E-state index in [4.69, 9.17) is 23.2 Å². The van der Waals surface area contributed by atoms with E-state index in [9.17, 15) is 17.6 Å². The summed E-state index contributed by atoms with van der Waals surface area (Å²) in [4.78, 5) is 10.8. The zero-order valence-electron chi connectivity index (χ0n) is 12.5. The molecule has 0 spiro atoms. The van der Waals surface area contributed by atoms with Gasteiger partial charge < -0.3 is 5.32 Å². The predicted molar refractivity (Wildman–Crippen MR) is 93.8 cm³/mol. The highest BCUT2D eigenvalue weighted by Gasteiger charge is 2.35. The average Bonchev–Trinajstić information content (AvgIpc) is 2.57.